The third kappa shape index (κ3) is 9.06. The number of esters is 1. The van der Waals surface area contributed by atoms with Gasteiger partial charge in [0, 0.05) is 0 Å². The molecular weight excluding hydrogens is 434 g/mol. The summed E-state index contributed by atoms with van der Waals surface area (Å²) in [6.07, 6.45) is -5.95. The van der Waals surface area contributed by atoms with Crippen LogP contribution in [-0.2, 0) is 19.1 Å². The molecule has 8 N–H and O–H groups in total. The normalized spacial score (nSPS) is 16.8. The van der Waals surface area contributed by atoms with Gasteiger partial charge in [-0.3, -0.25) is 14.4 Å². The number of hydrogen-bond acceptors (Lipinski definition) is 9. The molecule has 0 spiro atoms. The molecule has 0 bridgehead atoms. The second-order valence-corrected chi connectivity index (χ2v) is 8.21. The number of carbonyl (C=O) groups is 3. The highest BCUT2D eigenvalue weighted by molar-refractivity contribution is 5.83. The number of hydrogen-bond donors (Lipinski definition) is 7. The van der Waals surface area contributed by atoms with Gasteiger partial charge in [-0.2, -0.15) is 0 Å². The van der Waals surface area contributed by atoms with Gasteiger partial charge in [-0.1, -0.05) is 44.2 Å². The molecule has 1 rings (SSSR count). The molecule has 11 nitrogen and oxygen atoms in total. The summed E-state index contributed by atoms with van der Waals surface area (Å²) in [5.74, 6) is -2.21. The van der Waals surface area contributed by atoms with Crippen LogP contribution in [0.5, 0.6) is 0 Å². The second kappa shape index (κ2) is 13.9. The minimum absolute atomic E-state index is 0.127. The van der Waals surface area contributed by atoms with Gasteiger partial charge >= 0.3 is 5.97 Å². The lowest BCUT2D eigenvalue weighted by atomic mass is 9.98. The van der Waals surface area contributed by atoms with Crippen LogP contribution in [0.2, 0.25) is 0 Å². The number of ether oxygens (including phenoxy) is 1. The minimum atomic E-state index is -2.13. The average molecular weight is 470 g/mol. The summed E-state index contributed by atoms with van der Waals surface area (Å²) in [5, 5.41) is 45.3. The van der Waals surface area contributed by atoms with Crippen LogP contribution < -0.4 is 16.4 Å². The largest absolute Gasteiger partial charge is 0.469 e. The lowest BCUT2D eigenvalue weighted by Crippen LogP contribution is -2.58. The predicted octanol–water partition coefficient (Wildman–Crippen LogP) is -1.66. The minimum Gasteiger partial charge on any atom is -0.469 e. The summed E-state index contributed by atoms with van der Waals surface area (Å²) in [6.45, 7) is 2.96. The molecule has 186 valence electrons. The van der Waals surface area contributed by atoms with E-state index in [1.165, 1.54) is 7.11 Å². The Bertz CT molecular complexity index is 761. The SMILES string of the molecule is COC(=O)C[C@H](NC(=O)[C@@H](O)[C@H](O)[C@H](O)[C@H](CO)NC(=O)[C@@H](N)CC(C)C)c1ccccc1. The monoisotopic (exact) mass is 469 g/mol. The Morgan fingerprint density at radius 1 is 1.00 bits per heavy atom. The Kier molecular flexibility index (Phi) is 12.0. The van der Waals surface area contributed by atoms with Crippen molar-refractivity contribution >= 4 is 17.8 Å². The van der Waals surface area contributed by atoms with Crippen LogP contribution in [0, 0.1) is 5.92 Å². The third-order valence-corrected chi connectivity index (χ3v) is 5.06. The number of aliphatic hydroxyl groups is 4. The number of amides is 2. The molecule has 0 aliphatic rings. The Hall–Kier alpha value is -2.57. The maximum absolute atomic E-state index is 12.6. The van der Waals surface area contributed by atoms with Crippen LogP contribution in [0.3, 0.4) is 0 Å². The molecule has 0 saturated heterocycles. The summed E-state index contributed by atoms with van der Waals surface area (Å²) in [7, 11) is 1.19. The van der Waals surface area contributed by atoms with Crippen LogP contribution in [0.1, 0.15) is 38.3 Å². The molecule has 2 amide bonds. The molecule has 0 aliphatic heterocycles. The number of benzene rings is 1. The van der Waals surface area contributed by atoms with Gasteiger partial charge in [0.1, 0.15) is 12.2 Å². The molecule has 1 aromatic rings. The smallest absolute Gasteiger partial charge is 0.307 e. The predicted molar refractivity (Wildman–Crippen MR) is 118 cm³/mol. The number of aliphatic hydroxyl groups excluding tert-OH is 4. The van der Waals surface area contributed by atoms with E-state index in [2.05, 4.69) is 15.4 Å². The summed E-state index contributed by atoms with van der Waals surface area (Å²) < 4.78 is 4.64. The van der Waals surface area contributed by atoms with E-state index in [9.17, 15) is 34.8 Å². The zero-order valence-corrected chi connectivity index (χ0v) is 19.0. The van der Waals surface area contributed by atoms with Gasteiger partial charge in [-0.15, -0.1) is 0 Å². The van der Waals surface area contributed by atoms with Crippen LogP contribution in [0.4, 0.5) is 0 Å². The van der Waals surface area contributed by atoms with Gasteiger partial charge in [0.05, 0.1) is 38.3 Å². The molecule has 1 aromatic carbocycles. The van der Waals surface area contributed by atoms with Crippen molar-refractivity contribution in [2.75, 3.05) is 13.7 Å². The summed E-state index contributed by atoms with van der Waals surface area (Å²) in [6, 6.07) is 5.29. The van der Waals surface area contributed by atoms with Crippen molar-refractivity contribution in [1.82, 2.24) is 10.6 Å². The van der Waals surface area contributed by atoms with E-state index in [0.29, 0.717) is 12.0 Å². The first-order valence-corrected chi connectivity index (χ1v) is 10.6. The van der Waals surface area contributed by atoms with Crippen molar-refractivity contribution in [1.29, 1.82) is 0 Å². The molecule has 0 saturated carbocycles. The highest BCUT2D eigenvalue weighted by Crippen LogP contribution is 2.18. The molecular formula is C22H35N3O8. The zero-order valence-electron chi connectivity index (χ0n) is 19.0. The first-order valence-electron chi connectivity index (χ1n) is 10.6. The standard InChI is InChI=1S/C22H35N3O8/c1-12(2)9-14(23)21(31)25-16(11-26)18(28)19(29)20(30)22(32)24-15(10-17(27)33-3)13-7-5-4-6-8-13/h4-8,12,14-16,18-20,26,28-30H,9-11,23H2,1-3H3,(H,24,32)(H,25,31)/t14-,15-,16-,18+,19+,20-/m0/s1. The van der Waals surface area contributed by atoms with E-state index in [1.54, 1.807) is 30.3 Å². The molecule has 0 aliphatic carbocycles. The Balaban J connectivity index is 2.86. The number of methoxy groups -OCH3 is 1. The summed E-state index contributed by atoms with van der Waals surface area (Å²) in [5.41, 5.74) is 6.33. The fourth-order valence-corrected chi connectivity index (χ4v) is 3.17. The third-order valence-electron chi connectivity index (χ3n) is 5.06. The lowest BCUT2D eigenvalue weighted by molar-refractivity contribution is -0.145. The van der Waals surface area contributed by atoms with E-state index in [0.717, 1.165) is 0 Å². The molecule has 0 heterocycles. The quantitative estimate of drug-likeness (QED) is 0.166. The van der Waals surface area contributed by atoms with Crippen LogP contribution in [0.15, 0.2) is 30.3 Å². The highest BCUT2D eigenvalue weighted by Gasteiger charge is 2.37. The first kappa shape index (κ1) is 28.5. The molecule has 33 heavy (non-hydrogen) atoms. The van der Waals surface area contributed by atoms with Gasteiger partial charge in [0.2, 0.25) is 5.91 Å². The maximum atomic E-state index is 12.6. The topological polar surface area (TPSA) is 191 Å². The van der Waals surface area contributed by atoms with Crippen molar-refractivity contribution in [2.24, 2.45) is 11.7 Å². The maximum Gasteiger partial charge on any atom is 0.307 e. The van der Waals surface area contributed by atoms with Crippen molar-refractivity contribution < 1.29 is 39.5 Å². The van der Waals surface area contributed by atoms with Gasteiger partial charge < -0.3 is 41.5 Å². The van der Waals surface area contributed by atoms with E-state index in [-0.39, 0.29) is 12.3 Å². The van der Waals surface area contributed by atoms with Crippen molar-refractivity contribution in [3.8, 4) is 0 Å². The fourth-order valence-electron chi connectivity index (χ4n) is 3.17. The molecule has 6 atom stereocenters. The van der Waals surface area contributed by atoms with Gasteiger partial charge in [-0.05, 0) is 17.9 Å². The van der Waals surface area contributed by atoms with Crippen LogP contribution in [0.25, 0.3) is 0 Å². The molecule has 0 fully saturated rings. The molecule has 0 aromatic heterocycles. The van der Waals surface area contributed by atoms with Crippen molar-refractivity contribution in [2.45, 2.75) is 63.1 Å². The number of nitrogens with one attached hydrogen (secondary N) is 2. The first-order chi connectivity index (χ1) is 15.5. The van der Waals surface area contributed by atoms with E-state index < -0.39 is 60.8 Å². The molecule has 0 radical (unpaired) electrons. The zero-order chi connectivity index (χ0) is 25.1. The Morgan fingerprint density at radius 2 is 1.61 bits per heavy atom. The summed E-state index contributed by atoms with van der Waals surface area (Å²) >= 11 is 0. The fraction of sp³-hybridized carbons (Fsp3) is 0.591. The van der Waals surface area contributed by atoms with E-state index in [1.807, 2.05) is 13.8 Å². The van der Waals surface area contributed by atoms with Gasteiger partial charge in [0.15, 0.2) is 6.10 Å². The number of carbonyl (C=O) groups excluding carboxylic acids is 3. The Morgan fingerprint density at radius 3 is 2.12 bits per heavy atom. The average Bonchev–Trinajstić information content (AvgIpc) is 2.80. The summed E-state index contributed by atoms with van der Waals surface area (Å²) in [4.78, 5) is 36.5. The lowest BCUT2D eigenvalue weighted by Gasteiger charge is -2.30. The van der Waals surface area contributed by atoms with Crippen molar-refractivity contribution in [3.05, 3.63) is 35.9 Å². The molecule has 11 heteroatoms. The number of rotatable bonds is 13. The number of nitrogens with two attached hydrogens (primary N) is 1. The van der Waals surface area contributed by atoms with Gasteiger partial charge in [0.25, 0.3) is 5.91 Å². The van der Waals surface area contributed by atoms with Crippen LogP contribution in [-0.4, -0.2) is 82.3 Å². The molecule has 0 unspecified atom stereocenters. The van der Waals surface area contributed by atoms with E-state index in [4.69, 9.17) is 5.73 Å². The highest BCUT2D eigenvalue weighted by atomic mass is 16.5. The van der Waals surface area contributed by atoms with Gasteiger partial charge in [-0.25, -0.2) is 0 Å². The van der Waals surface area contributed by atoms with Crippen LogP contribution >= 0.6 is 0 Å². The second-order valence-electron chi connectivity index (χ2n) is 8.21. The Labute approximate surface area is 192 Å². The van der Waals surface area contributed by atoms with Crippen molar-refractivity contribution in [3.63, 3.8) is 0 Å². The van der Waals surface area contributed by atoms with E-state index >= 15 is 0 Å².